The van der Waals surface area contributed by atoms with Gasteiger partial charge in [-0.25, -0.2) is 4.79 Å². The molecule has 1 heterocycles. The van der Waals surface area contributed by atoms with Gasteiger partial charge in [0.15, 0.2) is 0 Å². The van der Waals surface area contributed by atoms with E-state index in [9.17, 15) is 9.59 Å². The van der Waals surface area contributed by atoms with E-state index in [1.807, 2.05) is 29.2 Å². The molecule has 3 amide bonds. The Bertz CT molecular complexity index is 1080. The zero-order valence-electron chi connectivity index (χ0n) is 22.2. The Kier molecular flexibility index (Phi) is 6.58. The molecule has 1 spiro atoms. The van der Waals surface area contributed by atoms with Crippen molar-refractivity contribution in [2.75, 3.05) is 46.2 Å². The molecule has 0 atom stereocenters. The van der Waals surface area contributed by atoms with Gasteiger partial charge in [-0.15, -0.1) is 0 Å². The fraction of sp³-hybridized carbons (Fsp3) is 0.533. The van der Waals surface area contributed by atoms with Crippen molar-refractivity contribution in [3.8, 4) is 0 Å². The highest BCUT2D eigenvalue weighted by atomic mass is 16.2. The first-order valence-corrected chi connectivity index (χ1v) is 13.4. The number of carbonyl (C=O) groups is 2. The summed E-state index contributed by atoms with van der Waals surface area (Å²) in [6, 6.07) is 18.6. The first kappa shape index (κ1) is 24.8. The molecule has 0 unspecified atom stereocenters. The number of amides is 3. The Hall–Kier alpha value is -2.86. The third-order valence-electron chi connectivity index (χ3n) is 9.16. The molecule has 0 N–H and O–H groups in total. The predicted molar refractivity (Wildman–Crippen MR) is 144 cm³/mol. The van der Waals surface area contributed by atoms with Crippen LogP contribution < -0.4 is 4.90 Å². The average molecular weight is 489 g/mol. The van der Waals surface area contributed by atoms with Crippen molar-refractivity contribution in [1.29, 1.82) is 0 Å². The summed E-state index contributed by atoms with van der Waals surface area (Å²) in [4.78, 5) is 34.4. The molecule has 0 aromatic heterocycles. The number of benzene rings is 2. The molecule has 2 aromatic carbocycles. The van der Waals surface area contributed by atoms with Crippen LogP contribution in [0.15, 0.2) is 54.6 Å². The van der Waals surface area contributed by atoms with E-state index in [0.29, 0.717) is 11.5 Å². The minimum absolute atomic E-state index is 0.000688. The molecule has 2 aliphatic carbocycles. The molecule has 36 heavy (non-hydrogen) atoms. The fourth-order valence-electron chi connectivity index (χ4n) is 6.54. The van der Waals surface area contributed by atoms with Gasteiger partial charge in [-0.1, -0.05) is 36.8 Å². The van der Waals surface area contributed by atoms with E-state index in [1.54, 1.807) is 19.0 Å². The molecule has 192 valence electrons. The number of rotatable bonds is 6. The number of nitrogens with zero attached hydrogens (tertiary/aromatic N) is 4. The summed E-state index contributed by atoms with van der Waals surface area (Å²) in [5.41, 5.74) is 2.77. The monoisotopic (exact) mass is 488 g/mol. The van der Waals surface area contributed by atoms with Crippen LogP contribution in [0.25, 0.3) is 0 Å². The SMILES string of the molecule is CN(C)C(=O)c1ccc(N2CC3(CCC(c4ccccc4)(N(C)C)CC3)N(CC3CCC3)C2=O)cc1. The van der Waals surface area contributed by atoms with E-state index in [2.05, 4.69) is 54.2 Å². The Morgan fingerprint density at radius 1 is 0.917 bits per heavy atom. The number of anilines is 1. The molecule has 0 bridgehead atoms. The van der Waals surface area contributed by atoms with Gasteiger partial charge in [0.1, 0.15) is 0 Å². The molecule has 3 aliphatic rings. The Morgan fingerprint density at radius 3 is 2.08 bits per heavy atom. The molecule has 3 fully saturated rings. The quantitative estimate of drug-likeness (QED) is 0.562. The first-order valence-electron chi connectivity index (χ1n) is 13.4. The molecule has 2 aromatic rings. The lowest BCUT2D eigenvalue weighted by molar-refractivity contribution is 0.0172. The molecule has 0 radical (unpaired) electrons. The van der Waals surface area contributed by atoms with E-state index in [1.165, 1.54) is 24.8 Å². The number of carbonyl (C=O) groups excluding carboxylic acids is 2. The third kappa shape index (κ3) is 4.19. The van der Waals surface area contributed by atoms with Crippen LogP contribution in [-0.4, -0.2) is 73.5 Å². The summed E-state index contributed by atoms with van der Waals surface area (Å²) in [6.45, 7) is 1.59. The van der Waals surface area contributed by atoms with E-state index < -0.39 is 0 Å². The maximum atomic E-state index is 13.9. The lowest BCUT2D eigenvalue weighted by atomic mass is 9.68. The maximum Gasteiger partial charge on any atom is 0.325 e. The predicted octanol–water partition coefficient (Wildman–Crippen LogP) is 5.20. The van der Waals surface area contributed by atoms with Gasteiger partial charge in [0, 0.05) is 37.4 Å². The topological polar surface area (TPSA) is 47.1 Å². The van der Waals surface area contributed by atoms with Crippen LogP contribution in [0.2, 0.25) is 0 Å². The largest absolute Gasteiger partial charge is 0.345 e. The van der Waals surface area contributed by atoms with Crippen LogP contribution in [0, 0.1) is 5.92 Å². The Balaban J connectivity index is 1.42. The van der Waals surface area contributed by atoms with Gasteiger partial charge < -0.3 is 9.80 Å². The van der Waals surface area contributed by atoms with Crippen LogP contribution in [-0.2, 0) is 5.54 Å². The van der Waals surface area contributed by atoms with Crippen LogP contribution in [0.3, 0.4) is 0 Å². The van der Waals surface area contributed by atoms with Crippen molar-refractivity contribution in [2.45, 2.75) is 56.0 Å². The average Bonchev–Trinajstić information content (AvgIpc) is 3.12. The Labute approximate surface area is 215 Å². The van der Waals surface area contributed by atoms with Gasteiger partial charge in [0.05, 0.1) is 12.1 Å². The lowest BCUT2D eigenvalue weighted by Crippen LogP contribution is -2.56. The summed E-state index contributed by atoms with van der Waals surface area (Å²) >= 11 is 0. The Morgan fingerprint density at radius 2 is 1.56 bits per heavy atom. The number of hydrogen-bond donors (Lipinski definition) is 0. The van der Waals surface area contributed by atoms with Crippen molar-refractivity contribution in [2.24, 2.45) is 5.92 Å². The highest BCUT2D eigenvalue weighted by Gasteiger charge is 2.55. The van der Waals surface area contributed by atoms with E-state index in [-0.39, 0.29) is 23.0 Å². The first-order chi connectivity index (χ1) is 17.3. The van der Waals surface area contributed by atoms with Gasteiger partial charge in [0.25, 0.3) is 5.91 Å². The summed E-state index contributed by atoms with van der Waals surface area (Å²) in [7, 11) is 7.91. The molecular weight excluding hydrogens is 448 g/mol. The minimum atomic E-state index is -0.140. The second-order valence-corrected chi connectivity index (χ2v) is 11.5. The normalized spacial score (nSPS) is 26.5. The fourth-order valence-corrected chi connectivity index (χ4v) is 6.54. The third-order valence-corrected chi connectivity index (χ3v) is 9.16. The maximum absolute atomic E-state index is 13.9. The highest BCUT2D eigenvalue weighted by molar-refractivity contribution is 5.97. The van der Waals surface area contributed by atoms with E-state index in [0.717, 1.165) is 44.5 Å². The zero-order valence-corrected chi connectivity index (χ0v) is 22.2. The van der Waals surface area contributed by atoms with Crippen LogP contribution >= 0.6 is 0 Å². The molecule has 5 rings (SSSR count). The second kappa shape index (κ2) is 9.55. The molecule has 6 nitrogen and oxygen atoms in total. The summed E-state index contributed by atoms with van der Waals surface area (Å²) in [5.74, 6) is 0.603. The van der Waals surface area contributed by atoms with Gasteiger partial charge in [0.2, 0.25) is 0 Å². The molecule has 1 aliphatic heterocycles. The second-order valence-electron chi connectivity index (χ2n) is 11.5. The van der Waals surface area contributed by atoms with Gasteiger partial charge in [-0.3, -0.25) is 14.6 Å². The number of urea groups is 1. The smallest absolute Gasteiger partial charge is 0.325 e. The summed E-state index contributed by atoms with van der Waals surface area (Å²) in [5, 5.41) is 0. The van der Waals surface area contributed by atoms with Crippen LogP contribution in [0.4, 0.5) is 10.5 Å². The lowest BCUT2D eigenvalue weighted by Gasteiger charge is -2.51. The highest BCUT2D eigenvalue weighted by Crippen LogP contribution is 2.50. The van der Waals surface area contributed by atoms with Crippen molar-refractivity contribution < 1.29 is 9.59 Å². The molecule has 6 heteroatoms. The van der Waals surface area contributed by atoms with E-state index >= 15 is 0 Å². The van der Waals surface area contributed by atoms with Crippen molar-refractivity contribution >= 4 is 17.6 Å². The van der Waals surface area contributed by atoms with Crippen molar-refractivity contribution in [3.63, 3.8) is 0 Å². The minimum Gasteiger partial charge on any atom is -0.345 e. The summed E-state index contributed by atoms with van der Waals surface area (Å²) in [6.07, 6.45) is 7.78. The molecular formula is C30H40N4O2. The van der Waals surface area contributed by atoms with Crippen molar-refractivity contribution in [1.82, 2.24) is 14.7 Å². The van der Waals surface area contributed by atoms with Crippen LogP contribution in [0.5, 0.6) is 0 Å². The van der Waals surface area contributed by atoms with E-state index in [4.69, 9.17) is 0 Å². The zero-order chi connectivity index (χ0) is 25.5. The van der Waals surface area contributed by atoms with Crippen molar-refractivity contribution in [3.05, 3.63) is 65.7 Å². The standard InChI is InChI=1S/C30H40N4O2/c1-31(2)27(35)24-13-15-26(16-14-24)33-22-29(34(28(33)36)21-23-9-8-10-23)17-19-30(20-18-29,32(3)4)25-11-6-5-7-12-25/h5-7,11-16,23H,8-10,17-22H2,1-4H3. The van der Waals surface area contributed by atoms with Gasteiger partial charge in [-0.2, -0.15) is 0 Å². The molecule has 1 saturated heterocycles. The number of hydrogen-bond acceptors (Lipinski definition) is 3. The van der Waals surface area contributed by atoms with Crippen LogP contribution in [0.1, 0.15) is 60.9 Å². The van der Waals surface area contributed by atoms with Gasteiger partial charge in [-0.05, 0) is 88.4 Å². The van der Waals surface area contributed by atoms with Gasteiger partial charge >= 0.3 is 6.03 Å². The molecule has 2 saturated carbocycles. The summed E-state index contributed by atoms with van der Waals surface area (Å²) < 4.78 is 0.